The lowest BCUT2D eigenvalue weighted by Gasteiger charge is -2.20. The molecule has 2 aromatic heterocycles. The summed E-state index contributed by atoms with van der Waals surface area (Å²) in [5.74, 6) is 0.823. The van der Waals surface area contributed by atoms with Crippen LogP contribution in [-0.4, -0.2) is 44.8 Å². The van der Waals surface area contributed by atoms with E-state index < -0.39 is 0 Å². The Hall–Kier alpha value is -2.05. The van der Waals surface area contributed by atoms with Crippen molar-refractivity contribution in [1.82, 2.24) is 24.7 Å². The molecule has 0 unspecified atom stereocenters. The Morgan fingerprint density at radius 2 is 2.05 bits per heavy atom. The summed E-state index contributed by atoms with van der Waals surface area (Å²) in [5, 5.41) is 14.4. The molecule has 5 nitrogen and oxygen atoms in total. The van der Waals surface area contributed by atoms with Crippen molar-refractivity contribution in [2.24, 2.45) is 0 Å². The minimum Gasteiger partial charge on any atom is -0.302 e. The van der Waals surface area contributed by atoms with Gasteiger partial charge in [0, 0.05) is 18.7 Å². The van der Waals surface area contributed by atoms with E-state index in [1.165, 1.54) is 11.1 Å². The van der Waals surface area contributed by atoms with Crippen molar-refractivity contribution in [1.29, 1.82) is 0 Å². The van der Waals surface area contributed by atoms with Gasteiger partial charge in [0.1, 0.15) is 5.01 Å². The van der Waals surface area contributed by atoms with E-state index in [0.29, 0.717) is 0 Å². The van der Waals surface area contributed by atoms with Crippen molar-refractivity contribution in [3.05, 3.63) is 40.9 Å². The predicted molar refractivity (Wildman–Crippen MR) is 88.9 cm³/mol. The van der Waals surface area contributed by atoms with Gasteiger partial charge in [0.2, 0.25) is 4.96 Å². The average Bonchev–Trinajstić information content (AvgIpc) is 3.09. The molecule has 3 heterocycles. The minimum atomic E-state index is 0.823. The number of benzene rings is 1. The second-order valence-corrected chi connectivity index (χ2v) is 6.64. The molecule has 0 spiro atoms. The maximum Gasteiger partial charge on any atom is 0.235 e. The zero-order valence-electron chi connectivity index (χ0n) is 12.7. The Kier molecular flexibility index (Phi) is 3.28. The van der Waals surface area contributed by atoms with Crippen LogP contribution in [0.15, 0.2) is 30.3 Å². The van der Waals surface area contributed by atoms with Gasteiger partial charge >= 0.3 is 0 Å². The quantitative estimate of drug-likeness (QED) is 0.730. The lowest BCUT2D eigenvalue weighted by Crippen LogP contribution is -2.23. The molecule has 4 rings (SSSR count). The molecule has 3 aromatic rings. The van der Waals surface area contributed by atoms with Crippen LogP contribution in [0, 0.1) is 6.92 Å². The van der Waals surface area contributed by atoms with Crippen LogP contribution in [0.2, 0.25) is 0 Å². The first-order chi connectivity index (χ1) is 10.7. The zero-order chi connectivity index (χ0) is 15.1. The van der Waals surface area contributed by atoms with Gasteiger partial charge in [-0.05, 0) is 31.5 Å². The van der Waals surface area contributed by atoms with Crippen LogP contribution in [0.1, 0.15) is 17.0 Å². The van der Waals surface area contributed by atoms with Crippen LogP contribution in [0.3, 0.4) is 0 Å². The summed E-state index contributed by atoms with van der Waals surface area (Å²) in [4.78, 5) is 3.16. The highest BCUT2D eigenvalue weighted by molar-refractivity contribution is 7.17. The second kappa shape index (κ2) is 5.30. The molecule has 112 valence electrons. The summed E-state index contributed by atoms with van der Waals surface area (Å²) in [6.45, 7) is 4.15. The highest BCUT2D eigenvalue weighted by Gasteiger charge is 2.18. The fourth-order valence-electron chi connectivity index (χ4n) is 2.70. The van der Waals surface area contributed by atoms with Crippen molar-refractivity contribution in [2.45, 2.75) is 13.3 Å². The maximum absolute atomic E-state index is 4.76. The number of aryl methyl sites for hydroxylation is 1. The molecular formula is C16H17N5S. The predicted octanol–water partition coefficient (Wildman–Crippen LogP) is 2.88. The van der Waals surface area contributed by atoms with Gasteiger partial charge in [0.15, 0.2) is 5.82 Å². The van der Waals surface area contributed by atoms with Crippen LogP contribution in [-0.2, 0) is 0 Å². The van der Waals surface area contributed by atoms with Gasteiger partial charge < -0.3 is 4.90 Å². The van der Waals surface area contributed by atoms with Gasteiger partial charge in [-0.2, -0.15) is 9.61 Å². The first-order valence-electron chi connectivity index (χ1n) is 7.38. The van der Waals surface area contributed by atoms with Gasteiger partial charge in [0.25, 0.3) is 0 Å². The van der Waals surface area contributed by atoms with E-state index >= 15 is 0 Å². The molecule has 0 fully saturated rings. The molecule has 22 heavy (non-hydrogen) atoms. The highest BCUT2D eigenvalue weighted by atomic mass is 32.1. The molecule has 1 aliphatic rings. The monoisotopic (exact) mass is 311 g/mol. The Morgan fingerprint density at radius 1 is 1.18 bits per heavy atom. The van der Waals surface area contributed by atoms with Crippen LogP contribution in [0.4, 0.5) is 0 Å². The molecule has 0 N–H and O–H groups in total. The topological polar surface area (TPSA) is 46.3 Å². The lowest BCUT2D eigenvalue weighted by atomic mass is 10.1. The first kappa shape index (κ1) is 13.6. The molecule has 0 saturated carbocycles. The number of hydrogen-bond acceptors (Lipinski definition) is 5. The number of rotatable bonds is 2. The van der Waals surface area contributed by atoms with Gasteiger partial charge in [-0.1, -0.05) is 41.7 Å². The maximum atomic E-state index is 4.76. The van der Waals surface area contributed by atoms with Crippen LogP contribution >= 0.6 is 11.3 Å². The standard InChI is InChI=1S/C16H17N5S/c1-11-5-3-4-6-13(11)14-17-18-16-21(14)19-15(22-16)12-7-9-20(2)10-8-12/h3-7H,8-10H2,1-2H3. The number of hydrogen-bond donors (Lipinski definition) is 0. The molecular weight excluding hydrogens is 294 g/mol. The van der Waals surface area contributed by atoms with Crippen molar-refractivity contribution >= 4 is 21.9 Å². The van der Waals surface area contributed by atoms with Crippen LogP contribution in [0.5, 0.6) is 0 Å². The lowest BCUT2D eigenvalue weighted by molar-refractivity contribution is 0.370. The normalized spacial score (nSPS) is 16.2. The van der Waals surface area contributed by atoms with Gasteiger partial charge in [0.05, 0.1) is 0 Å². The number of nitrogens with zero attached hydrogens (tertiary/aromatic N) is 5. The van der Waals surface area contributed by atoms with E-state index in [0.717, 1.165) is 40.9 Å². The molecule has 0 bridgehead atoms. The highest BCUT2D eigenvalue weighted by Crippen LogP contribution is 2.29. The summed E-state index contributed by atoms with van der Waals surface area (Å²) in [6, 6.07) is 8.21. The minimum absolute atomic E-state index is 0.823. The molecule has 0 radical (unpaired) electrons. The summed E-state index contributed by atoms with van der Waals surface area (Å²) in [7, 11) is 2.14. The molecule has 1 aliphatic heterocycles. The van der Waals surface area contributed by atoms with E-state index in [9.17, 15) is 0 Å². The summed E-state index contributed by atoms with van der Waals surface area (Å²) >= 11 is 1.62. The molecule has 1 aromatic carbocycles. The second-order valence-electron chi connectivity index (χ2n) is 5.68. The fraction of sp³-hybridized carbons (Fsp3) is 0.312. The van der Waals surface area contributed by atoms with E-state index in [1.54, 1.807) is 11.3 Å². The summed E-state index contributed by atoms with van der Waals surface area (Å²) in [6.07, 6.45) is 3.31. The largest absolute Gasteiger partial charge is 0.302 e. The van der Waals surface area contributed by atoms with E-state index in [2.05, 4.69) is 47.3 Å². The van der Waals surface area contributed by atoms with E-state index in [-0.39, 0.29) is 0 Å². The Balaban J connectivity index is 1.79. The first-order valence-corrected chi connectivity index (χ1v) is 8.20. The Labute approximate surface area is 132 Å². The third-order valence-electron chi connectivity index (χ3n) is 4.06. The summed E-state index contributed by atoms with van der Waals surface area (Å²) < 4.78 is 1.88. The number of likely N-dealkylation sites (N-methyl/N-ethyl adjacent to an activating group) is 1. The van der Waals surface area contributed by atoms with E-state index in [4.69, 9.17) is 5.10 Å². The van der Waals surface area contributed by atoms with Crippen LogP contribution in [0.25, 0.3) is 21.9 Å². The van der Waals surface area contributed by atoms with Gasteiger partial charge in [-0.25, -0.2) is 0 Å². The molecule has 0 aliphatic carbocycles. The van der Waals surface area contributed by atoms with Gasteiger partial charge in [-0.15, -0.1) is 10.2 Å². The molecule has 6 heteroatoms. The fourth-order valence-corrected chi connectivity index (χ4v) is 3.61. The Bertz CT molecular complexity index is 860. The van der Waals surface area contributed by atoms with Crippen molar-refractivity contribution < 1.29 is 0 Å². The average molecular weight is 311 g/mol. The SMILES string of the molecule is Cc1ccccc1-c1nnc2sc(C3=CCN(C)CC3)nn12. The molecule has 0 amide bonds. The van der Waals surface area contributed by atoms with Gasteiger partial charge in [-0.3, -0.25) is 0 Å². The Morgan fingerprint density at radius 3 is 2.82 bits per heavy atom. The van der Waals surface area contributed by atoms with E-state index in [1.807, 2.05) is 16.6 Å². The molecule has 0 atom stereocenters. The van der Waals surface area contributed by atoms with Crippen molar-refractivity contribution in [3.8, 4) is 11.4 Å². The zero-order valence-corrected chi connectivity index (χ0v) is 13.5. The van der Waals surface area contributed by atoms with Crippen molar-refractivity contribution in [3.63, 3.8) is 0 Å². The molecule has 0 saturated heterocycles. The van der Waals surface area contributed by atoms with Crippen LogP contribution < -0.4 is 0 Å². The summed E-state index contributed by atoms with van der Waals surface area (Å²) in [5.41, 5.74) is 3.60. The number of aromatic nitrogens is 4. The van der Waals surface area contributed by atoms with Crippen molar-refractivity contribution in [2.75, 3.05) is 20.1 Å². The smallest absolute Gasteiger partial charge is 0.235 e. The third-order valence-corrected chi connectivity index (χ3v) is 5.04. The third kappa shape index (κ3) is 2.24. The number of fused-ring (bicyclic) bond motifs is 1.